The fourth-order valence-electron chi connectivity index (χ4n) is 2.42. The first-order valence-corrected chi connectivity index (χ1v) is 8.84. The fraction of sp³-hybridized carbons (Fsp3) is 0.118. The Morgan fingerprint density at radius 3 is 1.95 bits per heavy atom. The van der Waals surface area contributed by atoms with E-state index in [1.54, 1.807) is 12.5 Å². The van der Waals surface area contributed by atoms with Gasteiger partial charge in [0, 0.05) is 35.7 Å². The monoisotopic (exact) mass is 296 g/mol. The molecule has 0 spiro atoms. The molecule has 0 fully saturated rings. The van der Waals surface area contributed by atoms with Crippen LogP contribution in [0.1, 0.15) is 0 Å². The number of imidazole rings is 1. The third kappa shape index (κ3) is 2.98. The fourth-order valence-corrected chi connectivity index (χ4v) is 5.05. The van der Waals surface area contributed by atoms with Crippen molar-refractivity contribution >= 4 is 17.8 Å². The molecule has 0 amide bonds. The predicted molar refractivity (Wildman–Crippen MR) is 86.9 cm³/mol. The van der Waals surface area contributed by atoms with Gasteiger partial charge in [0.05, 0.1) is 6.33 Å². The van der Waals surface area contributed by atoms with Gasteiger partial charge < -0.3 is 9.13 Å². The number of nitrogens with zero attached hydrogens (tertiary/aromatic N) is 2. The summed E-state index contributed by atoms with van der Waals surface area (Å²) in [5, 5.41) is 1.83. The van der Waals surface area contributed by atoms with Crippen LogP contribution in [-0.2, 0) is 11.1 Å². The second kappa shape index (κ2) is 6.11. The van der Waals surface area contributed by atoms with Crippen LogP contribution in [0.3, 0.4) is 0 Å². The smallest absolute Gasteiger partial charge is 0.145 e. The molecule has 0 N–H and O–H groups in total. The quantitative estimate of drug-likeness (QED) is 0.679. The third-order valence-electron chi connectivity index (χ3n) is 3.58. The minimum atomic E-state index is -2.61. The Labute approximate surface area is 124 Å². The minimum absolute atomic E-state index is 0.595. The lowest BCUT2D eigenvalue weighted by molar-refractivity contribution is 0.582. The molecule has 3 aromatic rings. The Morgan fingerprint density at radius 2 is 1.48 bits per heavy atom. The van der Waals surface area contributed by atoms with Gasteiger partial charge in [-0.1, -0.05) is 60.7 Å². The van der Waals surface area contributed by atoms with Gasteiger partial charge in [-0.05, 0) is 0 Å². The molecule has 1 aromatic heterocycles. The standard InChI is InChI=1S/C17H17N2OP/c20-21(16-7-3-1-4-8-16,17-9-5-2-6-10-17)14-13-19-12-11-18-15-19/h1-12,15H,13-14H2. The Balaban J connectivity index is 1.97. The van der Waals surface area contributed by atoms with E-state index in [1.807, 2.05) is 71.4 Å². The minimum Gasteiger partial charge on any atom is -0.337 e. The van der Waals surface area contributed by atoms with Gasteiger partial charge >= 0.3 is 0 Å². The van der Waals surface area contributed by atoms with Crippen LogP contribution in [0.2, 0.25) is 0 Å². The molecule has 0 atom stereocenters. The molecule has 3 rings (SSSR count). The molecule has 0 aliphatic rings. The molecule has 2 aromatic carbocycles. The topological polar surface area (TPSA) is 34.9 Å². The third-order valence-corrected chi connectivity index (χ3v) is 6.67. The van der Waals surface area contributed by atoms with E-state index >= 15 is 0 Å². The summed E-state index contributed by atoms with van der Waals surface area (Å²) in [7, 11) is -2.61. The lowest BCUT2D eigenvalue weighted by Crippen LogP contribution is -2.20. The van der Waals surface area contributed by atoms with Gasteiger partial charge in [0.25, 0.3) is 0 Å². The summed E-state index contributed by atoms with van der Waals surface area (Å²) in [6.07, 6.45) is 6.01. The summed E-state index contributed by atoms with van der Waals surface area (Å²) in [5.74, 6) is 0. The SMILES string of the molecule is O=P(CCn1ccnc1)(c1ccccc1)c1ccccc1. The maximum Gasteiger partial charge on any atom is 0.145 e. The van der Waals surface area contributed by atoms with E-state index in [0.29, 0.717) is 12.7 Å². The second-order valence-electron chi connectivity index (χ2n) is 4.93. The van der Waals surface area contributed by atoms with Crippen molar-refractivity contribution in [3.8, 4) is 0 Å². The van der Waals surface area contributed by atoms with E-state index in [1.165, 1.54) is 0 Å². The Morgan fingerprint density at radius 1 is 0.905 bits per heavy atom. The molecule has 0 radical (unpaired) electrons. The zero-order chi connectivity index (χ0) is 14.5. The van der Waals surface area contributed by atoms with E-state index in [4.69, 9.17) is 0 Å². The normalized spacial score (nSPS) is 11.4. The summed E-state index contributed by atoms with van der Waals surface area (Å²) in [6.45, 7) is 0.696. The number of aryl methyl sites for hydroxylation is 1. The first kappa shape index (κ1) is 13.8. The zero-order valence-corrected chi connectivity index (χ0v) is 12.6. The van der Waals surface area contributed by atoms with Crippen molar-refractivity contribution in [2.75, 3.05) is 6.16 Å². The van der Waals surface area contributed by atoms with Crippen LogP contribution in [0.5, 0.6) is 0 Å². The Bertz CT molecular complexity index is 681. The molecule has 1 heterocycles. The summed E-state index contributed by atoms with van der Waals surface area (Å²) in [6, 6.07) is 19.5. The van der Waals surface area contributed by atoms with Crippen molar-refractivity contribution < 1.29 is 4.57 Å². The van der Waals surface area contributed by atoms with Gasteiger partial charge in [-0.3, -0.25) is 0 Å². The van der Waals surface area contributed by atoms with E-state index in [2.05, 4.69) is 4.98 Å². The van der Waals surface area contributed by atoms with Gasteiger partial charge in [-0.2, -0.15) is 0 Å². The van der Waals surface area contributed by atoms with E-state index in [-0.39, 0.29) is 0 Å². The highest BCUT2D eigenvalue weighted by Crippen LogP contribution is 2.43. The van der Waals surface area contributed by atoms with Crippen LogP contribution < -0.4 is 10.6 Å². The number of rotatable bonds is 5. The highest BCUT2D eigenvalue weighted by Gasteiger charge is 2.26. The molecule has 3 nitrogen and oxygen atoms in total. The summed E-state index contributed by atoms with van der Waals surface area (Å²) in [4.78, 5) is 4.04. The molecule has 0 saturated carbocycles. The highest BCUT2D eigenvalue weighted by atomic mass is 31.2. The molecular formula is C17H17N2OP. The van der Waals surface area contributed by atoms with Crippen LogP contribution in [-0.4, -0.2) is 15.7 Å². The predicted octanol–water partition coefficient (Wildman–Crippen LogP) is 2.90. The number of hydrogen-bond acceptors (Lipinski definition) is 2. The van der Waals surface area contributed by atoms with Crippen LogP contribution in [0, 0.1) is 0 Å². The van der Waals surface area contributed by atoms with Gasteiger partial charge in [-0.15, -0.1) is 0 Å². The van der Waals surface area contributed by atoms with Crippen molar-refractivity contribution in [2.45, 2.75) is 6.54 Å². The van der Waals surface area contributed by atoms with Crippen LogP contribution in [0.4, 0.5) is 0 Å². The largest absolute Gasteiger partial charge is 0.337 e. The van der Waals surface area contributed by atoms with Gasteiger partial charge in [0.2, 0.25) is 0 Å². The number of benzene rings is 2. The first-order valence-electron chi connectivity index (χ1n) is 6.95. The summed E-state index contributed by atoms with van der Waals surface area (Å²) in [5.41, 5.74) is 0. The zero-order valence-electron chi connectivity index (χ0n) is 11.7. The lowest BCUT2D eigenvalue weighted by Gasteiger charge is -2.19. The molecule has 0 unspecified atom stereocenters. The van der Waals surface area contributed by atoms with E-state index in [0.717, 1.165) is 10.6 Å². The van der Waals surface area contributed by atoms with Crippen LogP contribution >= 0.6 is 7.14 Å². The number of aromatic nitrogens is 2. The first-order chi connectivity index (χ1) is 10.3. The average molecular weight is 296 g/mol. The van der Waals surface area contributed by atoms with Gasteiger partial charge in [-0.25, -0.2) is 4.98 Å². The lowest BCUT2D eigenvalue weighted by atomic mass is 10.4. The summed E-state index contributed by atoms with van der Waals surface area (Å²) < 4.78 is 15.6. The van der Waals surface area contributed by atoms with Crippen molar-refractivity contribution in [2.24, 2.45) is 0 Å². The van der Waals surface area contributed by atoms with E-state index in [9.17, 15) is 4.57 Å². The molecule has 0 saturated heterocycles. The maximum absolute atomic E-state index is 13.7. The second-order valence-corrected chi connectivity index (χ2v) is 7.89. The molecule has 106 valence electrons. The van der Waals surface area contributed by atoms with Crippen LogP contribution in [0.25, 0.3) is 0 Å². The highest BCUT2D eigenvalue weighted by molar-refractivity contribution is 7.78. The Kier molecular flexibility index (Phi) is 4.03. The molecular weight excluding hydrogens is 279 g/mol. The number of hydrogen-bond donors (Lipinski definition) is 0. The molecule has 0 aliphatic carbocycles. The van der Waals surface area contributed by atoms with Gasteiger partial charge in [0.1, 0.15) is 7.14 Å². The van der Waals surface area contributed by atoms with Crippen molar-refractivity contribution in [3.63, 3.8) is 0 Å². The van der Waals surface area contributed by atoms with Crippen molar-refractivity contribution in [3.05, 3.63) is 79.4 Å². The molecule has 21 heavy (non-hydrogen) atoms. The van der Waals surface area contributed by atoms with Crippen molar-refractivity contribution in [1.29, 1.82) is 0 Å². The molecule has 4 heteroatoms. The van der Waals surface area contributed by atoms with Gasteiger partial charge in [0.15, 0.2) is 0 Å². The molecule has 0 bridgehead atoms. The van der Waals surface area contributed by atoms with E-state index < -0.39 is 7.14 Å². The summed E-state index contributed by atoms with van der Waals surface area (Å²) >= 11 is 0. The Hall–Kier alpha value is -2.12. The van der Waals surface area contributed by atoms with Crippen LogP contribution in [0.15, 0.2) is 79.4 Å². The molecule has 0 aliphatic heterocycles. The van der Waals surface area contributed by atoms with Crippen molar-refractivity contribution in [1.82, 2.24) is 9.55 Å². The average Bonchev–Trinajstić information content (AvgIpc) is 3.08. The maximum atomic E-state index is 13.7.